The summed E-state index contributed by atoms with van der Waals surface area (Å²) in [6.45, 7) is 0. The second kappa shape index (κ2) is 18.5. The molecule has 119 valence electrons. The van der Waals surface area contributed by atoms with Gasteiger partial charge in [0.15, 0.2) is 0 Å². The minimum Gasteiger partial charge on any atom is -0.328 e. The Bertz CT molecular complexity index is 360. The van der Waals surface area contributed by atoms with Crippen LogP contribution in [0.2, 0.25) is 0 Å². The molecule has 0 aliphatic heterocycles. The van der Waals surface area contributed by atoms with Crippen LogP contribution in [0.1, 0.15) is 62.5 Å². The molecule has 0 amide bonds. The van der Waals surface area contributed by atoms with E-state index < -0.39 is 0 Å². The van der Waals surface area contributed by atoms with Crippen molar-refractivity contribution in [3.8, 4) is 0 Å². The van der Waals surface area contributed by atoms with Crippen LogP contribution in [0.4, 0.5) is 0 Å². The summed E-state index contributed by atoms with van der Waals surface area (Å²) in [6, 6.07) is 9.57. The van der Waals surface area contributed by atoms with Crippen molar-refractivity contribution in [1.82, 2.24) is 0 Å². The van der Waals surface area contributed by atoms with E-state index in [1.54, 1.807) is 11.1 Å². The summed E-state index contributed by atoms with van der Waals surface area (Å²) >= 11 is 0. The molecule has 1 aromatic carbocycles. The first-order chi connectivity index (χ1) is 9.90. The fourth-order valence-corrected chi connectivity index (χ4v) is 3.88. The van der Waals surface area contributed by atoms with Crippen LogP contribution in [-0.4, -0.2) is 58.2 Å². The van der Waals surface area contributed by atoms with Gasteiger partial charge in [0, 0.05) is 169 Å². The summed E-state index contributed by atoms with van der Waals surface area (Å²) in [5.74, 6) is 1.86. The minimum absolute atomic E-state index is 0. The van der Waals surface area contributed by atoms with E-state index in [1.165, 1.54) is 64.2 Å². The van der Waals surface area contributed by atoms with Gasteiger partial charge >= 0.3 is 0 Å². The van der Waals surface area contributed by atoms with Crippen LogP contribution in [0, 0.1) is 69.7 Å². The molecule has 2 aliphatic carbocycles. The summed E-state index contributed by atoms with van der Waals surface area (Å²) in [4.78, 5) is 0. The maximum Gasteiger partial charge on any atom is 0 e. The Balaban J connectivity index is 0. The van der Waals surface area contributed by atoms with Crippen molar-refractivity contribution >= 4 is 58.2 Å². The quantitative estimate of drug-likeness (QED) is 0.372. The van der Waals surface area contributed by atoms with Gasteiger partial charge in [-0.2, -0.15) is 25.7 Å². The Morgan fingerprint density at radius 1 is 0.667 bits per heavy atom. The first-order valence-corrected chi connectivity index (χ1v) is 8.61. The summed E-state index contributed by atoms with van der Waals surface area (Å²) in [5, 5.41) is 0. The maximum absolute atomic E-state index is 2.46. The molecule has 1 aromatic rings. The van der Waals surface area contributed by atoms with Gasteiger partial charge in [0.2, 0.25) is 0 Å². The number of benzene rings is 1. The van der Waals surface area contributed by atoms with Crippen molar-refractivity contribution in [2.75, 3.05) is 0 Å². The summed E-state index contributed by atoms with van der Waals surface area (Å²) in [7, 11) is 0. The molecule has 5 radical (unpaired) electrons. The van der Waals surface area contributed by atoms with Crippen molar-refractivity contribution in [2.45, 2.75) is 64.2 Å². The van der Waals surface area contributed by atoms with E-state index in [4.69, 9.17) is 0 Å². The van der Waals surface area contributed by atoms with Gasteiger partial charge < -0.3 is 12.8 Å². The average Bonchev–Trinajstić information content (AvgIpc) is 2.51. The fourth-order valence-electron chi connectivity index (χ4n) is 3.88. The Kier molecular flexibility index (Phi) is 23.8. The van der Waals surface area contributed by atoms with Gasteiger partial charge in [-0.05, 0) is 35.8 Å². The molecule has 0 bridgehead atoms. The maximum atomic E-state index is 2.46. The Hall–Kier alpha value is 4.70. The van der Waals surface area contributed by atoms with Crippen molar-refractivity contribution < 1.29 is 110 Å². The topological polar surface area (TPSA) is 0 Å². The van der Waals surface area contributed by atoms with Crippen LogP contribution in [0.15, 0.2) is 24.3 Å². The molecular formula is C20H28RaRbY2-2. The molecule has 0 N–H and O–H groups in total. The third-order valence-electron chi connectivity index (χ3n) is 5.19. The van der Waals surface area contributed by atoms with Gasteiger partial charge in [0.25, 0.3) is 0 Å². The molecule has 0 saturated heterocycles. The van der Waals surface area contributed by atoms with E-state index in [2.05, 4.69) is 37.1 Å². The molecule has 4 heteroatoms. The molecule has 2 saturated carbocycles. The van der Waals surface area contributed by atoms with Crippen LogP contribution in [0.3, 0.4) is 0 Å². The Labute approximate surface area is 286 Å². The van der Waals surface area contributed by atoms with Crippen molar-refractivity contribution in [3.05, 3.63) is 48.2 Å². The molecule has 0 unspecified atom stereocenters. The van der Waals surface area contributed by atoms with E-state index in [9.17, 15) is 0 Å². The van der Waals surface area contributed by atoms with Crippen LogP contribution >= 0.6 is 0 Å². The Morgan fingerprint density at radius 3 is 1.25 bits per heavy atom. The summed E-state index contributed by atoms with van der Waals surface area (Å²) < 4.78 is 0. The van der Waals surface area contributed by atoms with Crippen molar-refractivity contribution in [2.24, 2.45) is 11.8 Å². The first kappa shape index (κ1) is 30.9. The third-order valence-corrected chi connectivity index (χ3v) is 5.19. The van der Waals surface area contributed by atoms with E-state index in [0.29, 0.717) is 0 Å². The molecule has 2 fully saturated rings. The smallest absolute Gasteiger partial charge is 0 e. The standard InChI is InChI=1S/C20H28.Ra.Rb.2Y/c1-3-7-17(8-4-1)15-19-11-13-20(14-12-19)16-18-9-5-2-6-10-18;;;;/h1-2,11-14,17-18H,3-10,15-16H2;;;;/q-2;;;;. The molecule has 0 atom stereocenters. The van der Waals surface area contributed by atoms with E-state index in [0.717, 1.165) is 11.8 Å². The predicted molar refractivity (Wildman–Crippen MR) is 92.1 cm³/mol. The van der Waals surface area contributed by atoms with Gasteiger partial charge in [-0.15, -0.1) is 0 Å². The Morgan fingerprint density at radius 2 is 0.958 bits per heavy atom. The van der Waals surface area contributed by atoms with E-state index in [-0.39, 0.29) is 169 Å². The number of hydrogen-bond donors (Lipinski definition) is 0. The van der Waals surface area contributed by atoms with Crippen LogP contribution < -0.4 is 0 Å². The van der Waals surface area contributed by atoms with Crippen molar-refractivity contribution in [1.29, 1.82) is 0 Å². The third kappa shape index (κ3) is 11.8. The molecule has 0 spiro atoms. The number of rotatable bonds is 4. The molecule has 0 heterocycles. The molecular weight excluding hydrogens is 729 g/mol. The first-order valence-electron chi connectivity index (χ1n) is 8.61. The molecule has 24 heavy (non-hydrogen) atoms. The summed E-state index contributed by atoms with van der Waals surface area (Å²) in [5.41, 5.74) is 3.11. The van der Waals surface area contributed by atoms with E-state index in [1.807, 2.05) is 0 Å². The van der Waals surface area contributed by atoms with Crippen LogP contribution in [-0.2, 0) is 78.3 Å². The van der Waals surface area contributed by atoms with Crippen molar-refractivity contribution in [3.63, 3.8) is 0 Å². The normalized spacial score (nSPS) is 18.3. The second-order valence-electron chi connectivity index (χ2n) is 6.84. The molecule has 0 nitrogen and oxygen atoms in total. The van der Waals surface area contributed by atoms with Gasteiger partial charge in [0.1, 0.15) is 0 Å². The fraction of sp³-hybridized carbons (Fsp3) is 0.600. The number of hydrogen-bond acceptors (Lipinski definition) is 0. The second-order valence-corrected chi connectivity index (χ2v) is 6.84. The summed E-state index contributed by atoms with van der Waals surface area (Å²) in [6.07, 6.45) is 18.5. The SMILES string of the molecule is [Ra].[Rb].[Y].[Y].c1cc(CC2CC[CH-]CC2)ccc1CC1CC[CH-]CC1. The van der Waals surface area contributed by atoms with Gasteiger partial charge in [-0.25, -0.2) is 0 Å². The zero-order chi connectivity index (χ0) is 13.6. The van der Waals surface area contributed by atoms with Crippen LogP contribution in [0.25, 0.3) is 0 Å². The monoisotopic (exact) mass is 757 g/mol. The zero-order valence-electron chi connectivity index (χ0n) is 15.6. The predicted octanol–water partition coefficient (Wildman–Crippen LogP) is 5.17. The van der Waals surface area contributed by atoms with Crippen LogP contribution in [0.5, 0.6) is 0 Å². The molecule has 0 aromatic heterocycles. The van der Waals surface area contributed by atoms with Gasteiger partial charge in [-0.1, -0.05) is 49.9 Å². The zero-order valence-corrected chi connectivity index (χ0v) is 32.0. The molecule has 2 aliphatic rings. The van der Waals surface area contributed by atoms with E-state index >= 15 is 0 Å². The average molecular weight is 758 g/mol. The minimum atomic E-state index is 0. The van der Waals surface area contributed by atoms with Gasteiger partial charge in [0.05, 0.1) is 0 Å². The largest absolute Gasteiger partial charge is 0.328 e. The van der Waals surface area contributed by atoms with Gasteiger partial charge in [-0.3, -0.25) is 0 Å². The molecule has 3 rings (SSSR count).